The topological polar surface area (TPSA) is 201 Å². The van der Waals surface area contributed by atoms with E-state index in [1.165, 1.54) is 21.0 Å². The average molecular weight is 885 g/mol. The van der Waals surface area contributed by atoms with Gasteiger partial charge in [0.1, 0.15) is 42.9 Å². The number of nitrogens with zero attached hydrogens (tertiary/aromatic N) is 2. The van der Waals surface area contributed by atoms with Gasteiger partial charge in [0.25, 0.3) is 0 Å². The second-order valence-electron chi connectivity index (χ2n) is 18.4. The van der Waals surface area contributed by atoms with Crippen molar-refractivity contribution in [3.63, 3.8) is 0 Å². The Morgan fingerprint density at radius 1 is 0.903 bits per heavy atom. The summed E-state index contributed by atoms with van der Waals surface area (Å²) in [6.45, 7) is 12.0. The van der Waals surface area contributed by atoms with Crippen LogP contribution in [0, 0.1) is 11.8 Å². The molecule has 0 radical (unpaired) electrons. The molecule has 0 saturated carbocycles. The average Bonchev–Trinajstić information content (AvgIpc) is 3.16. The summed E-state index contributed by atoms with van der Waals surface area (Å²) in [4.78, 5) is 42.7. The zero-order valence-electron chi connectivity index (χ0n) is 38.9. The molecule has 4 heterocycles. The first-order valence-electron chi connectivity index (χ1n) is 22.2. The lowest BCUT2D eigenvalue weighted by molar-refractivity contribution is -0.344. The summed E-state index contributed by atoms with van der Waals surface area (Å²) in [5.41, 5.74) is -1.49. The van der Waals surface area contributed by atoms with Crippen LogP contribution in [0.4, 0.5) is 0 Å². The van der Waals surface area contributed by atoms with E-state index in [0.29, 0.717) is 19.3 Å². The Bertz CT molecular complexity index is 1480. The number of hydrogen-bond donors (Lipinski definition) is 3. The zero-order chi connectivity index (χ0) is 46.1. The van der Waals surface area contributed by atoms with Crippen LogP contribution >= 0.6 is 0 Å². The van der Waals surface area contributed by atoms with Gasteiger partial charge in [0, 0.05) is 39.3 Å². The van der Waals surface area contributed by atoms with Crippen molar-refractivity contribution >= 4 is 18.2 Å². The number of aldehydes is 1. The van der Waals surface area contributed by atoms with E-state index in [0.717, 1.165) is 12.7 Å². The molecule has 0 aromatic heterocycles. The van der Waals surface area contributed by atoms with Gasteiger partial charge in [0.05, 0.1) is 48.6 Å². The Morgan fingerprint density at radius 3 is 2.19 bits per heavy atom. The molecule has 4 rings (SSSR count). The summed E-state index contributed by atoms with van der Waals surface area (Å²) in [6.07, 6.45) is -1.81. The third-order valence-corrected chi connectivity index (χ3v) is 12.7. The van der Waals surface area contributed by atoms with Crippen molar-refractivity contribution in [2.75, 3.05) is 35.3 Å². The number of methoxy groups -OCH3 is 1. The van der Waals surface area contributed by atoms with Crippen molar-refractivity contribution in [1.29, 1.82) is 0 Å². The van der Waals surface area contributed by atoms with Crippen LogP contribution in [0.15, 0.2) is 24.3 Å². The fourth-order valence-electron chi connectivity index (χ4n) is 9.40. The lowest BCUT2D eigenvalue weighted by Crippen LogP contribution is -2.65. The molecular formula is C45H76N2O15. The molecule has 0 amide bonds. The molecule has 356 valence electrons. The molecule has 17 nitrogen and oxygen atoms in total. The number of ether oxygens (including phenoxy) is 9. The van der Waals surface area contributed by atoms with Crippen LogP contribution < -0.4 is 0 Å². The number of aliphatic hydroxyl groups is 3. The zero-order valence-corrected chi connectivity index (χ0v) is 38.9. The second-order valence-corrected chi connectivity index (χ2v) is 18.4. The lowest BCUT2D eigenvalue weighted by Gasteiger charge is -2.50. The Kier molecular flexibility index (Phi) is 20.0. The molecule has 3 N–H and O–H groups in total. The summed E-state index contributed by atoms with van der Waals surface area (Å²) in [5, 5.41) is 33.6. The number of carbonyl (C=O) groups is 3. The van der Waals surface area contributed by atoms with Gasteiger partial charge in [-0.2, -0.15) is 0 Å². The second kappa shape index (κ2) is 23.7. The normalized spacial score (nSPS) is 44.0. The first-order chi connectivity index (χ1) is 29.2. The van der Waals surface area contributed by atoms with Crippen molar-refractivity contribution in [3.8, 4) is 0 Å². The molecule has 3 fully saturated rings. The predicted octanol–water partition coefficient (Wildman–Crippen LogP) is 2.90. The van der Waals surface area contributed by atoms with Crippen molar-refractivity contribution in [1.82, 2.24) is 9.80 Å². The molecule has 62 heavy (non-hydrogen) atoms. The van der Waals surface area contributed by atoms with Gasteiger partial charge in [-0.3, -0.25) is 9.59 Å². The standard InChI is InChI=1S/C45H76N2O15/c1-25-22-31(20-21-48)41(62-44-39(51)38(47(10)11)40(28(4)58-44)61-37-24-45(7,53)43(52)29(5)57-37)42(54-12)34(59-30(6)49)23-35(50)55-26(2)16-14-13-15-17-33(25)60-36-19-18-32(46(8)9)27(3)56-36/h13-15,17,21,25-29,31-34,36-44,51-53H,16,18-20,22-24H2,1-12H3/b14-13+,17-15+/t25-,26-,27-,28-,29+,31+,32+,33+,34-,36+,37+,38+,39-,40-,41+,42+,43+,44+,45-/m1/s1. The van der Waals surface area contributed by atoms with Gasteiger partial charge >= 0.3 is 11.9 Å². The predicted molar refractivity (Wildman–Crippen MR) is 226 cm³/mol. The lowest BCUT2D eigenvalue weighted by atomic mass is 9.82. The summed E-state index contributed by atoms with van der Waals surface area (Å²) >= 11 is 0. The summed E-state index contributed by atoms with van der Waals surface area (Å²) in [7, 11) is 9.02. The number of hydrogen-bond acceptors (Lipinski definition) is 17. The highest BCUT2D eigenvalue weighted by atomic mass is 16.7. The van der Waals surface area contributed by atoms with Crippen LogP contribution in [0.1, 0.15) is 93.4 Å². The highest BCUT2D eigenvalue weighted by Crippen LogP contribution is 2.38. The van der Waals surface area contributed by atoms with Crippen LogP contribution in [-0.2, 0) is 57.0 Å². The van der Waals surface area contributed by atoms with Crippen LogP contribution in [-0.4, -0.2) is 182 Å². The SMILES string of the molecule is CO[C@@H]1[C@@H](O[C@@H]2O[C@H](C)[C@@H](O[C@H]3C[C@@](C)(O)[C@@H](O)[C@H](C)O3)[C@@H](N(C)C)[C@H]2O)[C@@H](CC=O)C[C@@H](C)[C@@H](O[C@H]2CC[C@H](N(C)C)[C@@H](C)O2)/C=C/C=C/C[C@@H](C)OC(=O)C[C@H]1OC(C)=O. The molecule has 4 aliphatic heterocycles. The Hall–Kier alpha value is -2.39. The maximum atomic E-state index is 13.4. The van der Waals surface area contributed by atoms with Gasteiger partial charge in [0.2, 0.25) is 0 Å². The fourth-order valence-corrected chi connectivity index (χ4v) is 9.40. The monoisotopic (exact) mass is 885 g/mol. The highest BCUT2D eigenvalue weighted by molar-refractivity contribution is 5.72. The molecule has 19 atom stereocenters. The number of rotatable bonds is 12. The molecule has 0 aromatic rings. The molecule has 0 aromatic carbocycles. The minimum atomic E-state index is -1.49. The van der Waals surface area contributed by atoms with Crippen molar-refractivity contribution < 1.29 is 72.3 Å². The van der Waals surface area contributed by atoms with E-state index in [2.05, 4.69) is 4.90 Å². The Labute approximate surface area is 368 Å². The molecule has 0 spiro atoms. The van der Waals surface area contributed by atoms with Crippen LogP contribution in [0.3, 0.4) is 0 Å². The Morgan fingerprint density at radius 2 is 1.60 bits per heavy atom. The van der Waals surface area contributed by atoms with E-state index in [4.69, 9.17) is 42.6 Å². The van der Waals surface area contributed by atoms with Crippen LogP contribution in [0.5, 0.6) is 0 Å². The van der Waals surface area contributed by atoms with E-state index in [-0.39, 0.29) is 37.3 Å². The van der Waals surface area contributed by atoms with Gasteiger partial charge in [-0.25, -0.2) is 0 Å². The minimum absolute atomic E-state index is 0.0293. The van der Waals surface area contributed by atoms with Crippen LogP contribution in [0.2, 0.25) is 0 Å². The van der Waals surface area contributed by atoms with Gasteiger partial charge < -0.3 is 72.5 Å². The van der Waals surface area contributed by atoms with E-state index in [1.807, 2.05) is 52.2 Å². The maximum Gasteiger partial charge on any atom is 0.309 e. The summed E-state index contributed by atoms with van der Waals surface area (Å²) in [6, 6.07) is -0.509. The van der Waals surface area contributed by atoms with E-state index < -0.39 is 109 Å². The third kappa shape index (κ3) is 14.1. The van der Waals surface area contributed by atoms with Crippen molar-refractivity contribution in [2.24, 2.45) is 11.8 Å². The molecule has 17 heteroatoms. The number of cyclic esters (lactones) is 1. The van der Waals surface area contributed by atoms with Crippen molar-refractivity contribution in [3.05, 3.63) is 24.3 Å². The smallest absolute Gasteiger partial charge is 0.309 e. The number of likely N-dealkylation sites (N-methyl/N-ethyl adjacent to an activating group) is 2. The summed E-state index contributed by atoms with van der Waals surface area (Å²) in [5.74, 6) is -2.21. The van der Waals surface area contributed by atoms with E-state index in [1.54, 1.807) is 39.8 Å². The van der Waals surface area contributed by atoms with E-state index in [9.17, 15) is 29.7 Å². The molecular weight excluding hydrogens is 808 g/mol. The number of allylic oxidation sites excluding steroid dienone is 2. The fraction of sp³-hybridized carbons (Fsp3) is 0.844. The van der Waals surface area contributed by atoms with Gasteiger partial charge in [-0.1, -0.05) is 31.2 Å². The molecule has 0 unspecified atom stereocenters. The van der Waals surface area contributed by atoms with Gasteiger partial charge in [0.15, 0.2) is 18.9 Å². The van der Waals surface area contributed by atoms with Crippen LogP contribution in [0.25, 0.3) is 0 Å². The Balaban J connectivity index is 1.73. The maximum absolute atomic E-state index is 13.4. The van der Waals surface area contributed by atoms with Crippen molar-refractivity contribution in [2.45, 2.75) is 197 Å². The molecule has 0 aliphatic carbocycles. The molecule has 3 saturated heterocycles. The largest absolute Gasteiger partial charge is 0.462 e. The number of carbonyl (C=O) groups excluding carboxylic acids is 3. The minimum Gasteiger partial charge on any atom is -0.462 e. The van der Waals surface area contributed by atoms with E-state index >= 15 is 0 Å². The van der Waals surface area contributed by atoms with Gasteiger partial charge in [-0.15, -0.1) is 0 Å². The number of aliphatic hydroxyl groups excluding tert-OH is 2. The molecule has 0 bridgehead atoms. The van der Waals surface area contributed by atoms with Gasteiger partial charge in [-0.05, 0) is 93.9 Å². The number of esters is 2. The highest BCUT2D eigenvalue weighted by Gasteiger charge is 2.52. The first kappa shape index (κ1) is 52.2. The third-order valence-electron chi connectivity index (χ3n) is 12.7. The molecule has 4 aliphatic rings. The summed E-state index contributed by atoms with van der Waals surface area (Å²) < 4.78 is 56.3. The first-order valence-corrected chi connectivity index (χ1v) is 22.2. The quantitative estimate of drug-likeness (QED) is 0.191.